The molecule has 0 spiro atoms. The maximum atomic E-state index is 13.5. The highest BCUT2D eigenvalue weighted by Gasteiger charge is 2.27. The third-order valence-electron chi connectivity index (χ3n) is 4.83. The first-order valence-electron chi connectivity index (χ1n) is 8.78. The Labute approximate surface area is 170 Å². The minimum Gasteiger partial charge on any atom is -0.493 e. The predicted molar refractivity (Wildman–Crippen MR) is 111 cm³/mol. The molecule has 0 saturated heterocycles. The molecule has 0 aliphatic heterocycles. The largest absolute Gasteiger partial charge is 0.493 e. The monoisotopic (exact) mass is 427 g/mol. The number of methoxy groups -OCH3 is 2. The van der Waals surface area contributed by atoms with Crippen LogP contribution in [0.25, 0.3) is 21.7 Å². The number of benzene rings is 2. The molecule has 9 nitrogen and oxygen atoms in total. The van der Waals surface area contributed by atoms with Crippen LogP contribution in [0.2, 0.25) is 0 Å². The third kappa shape index (κ3) is 2.76. The van der Waals surface area contributed by atoms with Crippen molar-refractivity contribution in [1.82, 2.24) is 13.8 Å². The molecule has 0 aliphatic carbocycles. The van der Waals surface area contributed by atoms with Crippen LogP contribution in [0.1, 0.15) is 0 Å². The van der Waals surface area contributed by atoms with Gasteiger partial charge in [-0.1, -0.05) is 18.2 Å². The molecule has 0 fully saturated rings. The summed E-state index contributed by atoms with van der Waals surface area (Å²) in [6.45, 7) is 0. The minimum atomic E-state index is -4.44. The number of nitrogens with zero attached hydrogens (tertiary/aromatic N) is 3. The van der Waals surface area contributed by atoms with E-state index in [1.165, 1.54) is 45.7 Å². The number of fused-ring (bicyclic) bond motifs is 2. The van der Waals surface area contributed by atoms with Gasteiger partial charge >= 0.3 is 0 Å². The van der Waals surface area contributed by atoms with Gasteiger partial charge in [-0.15, -0.1) is 4.09 Å². The van der Waals surface area contributed by atoms with Gasteiger partial charge < -0.3 is 9.47 Å². The highest BCUT2D eigenvalue weighted by molar-refractivity contribution is 7.90. The number of aromatic nitrogens is 3. The van der Waals surface area contributed by atoms with Gasteiger partial charge in [-0.25, -0.2) is 4.68 Å². The molecular weight excluding hydrogens is 410 g/mol. The Kier molecular flexibility index (Phi) is 4.58. The second-order valence-electron chi connectivity index (χ2n) is 6.47. The number of pyridine rings is 1. The first-order valence-corrected chi connectivity index (χ1v) is 10.2. The molecule has 0 bridgehead atoms. The van der Waals surface area contributed by atoms with Crippen LogP contribution in [0.15, 0.2) is 63.1 Å². The Morgan fingerprint density at radius 1 is 0.900 bits per heavy atom. The highest BCUT2D eigenvalue weighted by atomic mass is 32.2. The van der Waals surface area contributed by atoms with Crippen LogP contribution < -0.4 is 20.6 Å². The third-order valence-corrected chi connectivity index (χ3v) is 6.58. The summed E-state index contributed by atoms with van der Waals surface area (Å²) in [6, 6.07) is 10.6. The van der Waals surface area contributed by atoms with Crippen molar-refractivity contribution in [3.63, 3.8) is 0 Å². The van der Waals surface area contributed by atoms with Gasteiger partial charge in [0, 0.05) is 18.6 Å². The molecule has 0 aliphatic rings. The lowest BCUT2D eigenvalue weighted by atomic mass is 10.1. The Hall–Kier alpha value is -3.66. The number of para-hydroxylation sites is 1. The average Bonchev–Trinajstić information content (AvgIpc) is 2.76. The standard InChI is InChI=1S/C20H17N3O6S/c1-22-19(24)13-10-15(28-2)16(29-3)11-14(13)20(25)23(22)30(26,27)17-8-4-6-12-7-5-9-21-18(12)17/h4-11H,1-3H3. The lowest BCUT2D eigenvalue weighted by Gasteiger charge is -2.15. The maximum Gasteiger partial charge on any atom is 0.288 e. The van der Waals surface area contributed by atoms with Gasteiger partial charge in [0.2, 0.25) is 0 Å². The van der Waals surface area contributed by atoms with Gasteiger partial charge in [0.05, 0.1) is 30.5 Å². The van der Waals surface area contributed by atoms with Gasteiger partial charge in [-0.3, -0.25) is 14.6 Å². The summed E-state index contributed by atoms with van der Waals surface area (Å²) in [5.74, 6) is 0.450. The molecule has 154 valence electrons. The maximum absolute atomic E-state index is 13.5. The Balaban J connectivity index is 2.13. The molecule has 0 saturated carbocycles. The molecule has 2 aromatic carbocycles. The van der Waals surface area contributed by atoms with E-state index in [2.05, 4.69) is 4.98 Å². The second kappa shape index (κ2) is 6.99. The van der Waals surface area contributed by atoms with Crippen molar-refractivity contribution in [3.8, 4) is 11.5 Å². The van der Waals surface area contributed by atoms with Crippen molar-refractivity contribution in [2.75, 3.05) is 14.2 Å². The van der Waals surface area contributed by atoms with Crippen molar-refractivity contribution in [2.24, 2.45) is 7.05 Å². The van der Waals surface area contributed by atoms with Crippen LogP contribution in [0.3, 0.4) is 0 Å². The molecule has 4 aromatic rings. The SMILES string of the molecule is COc1cc2c(=O)n(C)n(S(=O)(=O)c3cccc4cccnc34)c(=O)c2cc1OC. The zero-order valence-electron chi connectivity index (χ0n) is 16.3. The van der Waals surface area contributed by atoms with E-state index in [0.717, 1.165) is 4.68 Å². The van der Waals surface area contributed by atoms with E-state index in [4.69, 9.17) is 9.47 Å². The second-order valence-corrected chi connectivity index (χ2v) is 8.20. The van der Waals surface area contributed by atoms with Gasteiger partial charge in [-0.2, -0.15) is 8.42 Å². The summed E-state index contributed by atoms with van der Waals surface area (Å²) in [6.07, 6.45) is 1.46. The number of ether oxygens (including phenoxy) is 2. The van der Waals surface area contributed by atoms with Gasteiger partial charge in [0.1, 0.15) is 4.90 Å². The first-order chi connectivity index (χ1) is 14.3. The highest BCUT2D eigenvalue weighted by Crippen LogP contribution is 2.30. The molecule has 0 radical (unpaired) electrons. The van der Waals surface area contributed by atoms with E-state index in [1.807, 2.05) is 0 Å². The molecule has 2 heterocycles. The fraction of sp³-hybridized carbons (Fsp3) is 0.150. The van der Waals surface area contributed by atoms with Gasteiger partial charge in [0.15, 0.2) is 11.5 Å². The van der Waals surface area contributed by atoms with E-state index in [0.29, 0.717) is 9.47 Å². The molecule has 30 heavy (non-hydrogen) atoms. The molecule has 10 heteroatoms. The van der Waals surface area contributed by atoms with E-state index < -0.39 is 21.1 Å². The predicted octanol–water partition coefficient (Wildman–Crippen LogP) is 1.50. The van der Waals surface area contributed by atoms with Crippen molar-refractivity contribution < 1.29 is 17.9 Å². The van der Waals surface area contributed by atoms with Gasteiger partial charge in [-0.05, 0) is 24.3 Å². The molecular formula is C20H17N3O6S. The smallest absolute Gasteiger partial charge is 0.288 e. The minimum absolute atomic E-state index is 0.0163. The Morgan fingerprint density at radius 3 is 2.13 bits per heavy atom. The molecule has 2 aromatic heterocycles. The fourth-order valence-corrected chi connectivity index (χ4v) is 4.94. The van der Waals surface area contributed by atoms with Crippen LogP contribution in [0, 0.1) is 0 Å². The molecule has 0 unspecified atom stereocenters. The van der Waals surface area contributed by atoms with Crippen LogP contribution >= 0.6 is 0 Å². The number of hydrogen-bond acceptors (Lipinski definition) is 7. The van der Waals surface area contributed by atoms with Crippen molar-refractivity contribution in [1.29, 1.82) is 0 Å². The number of hydrogen-bond donors (Lipinski definition) is 0. The van der Waals surface area contributed by atoms with E-state index in [-0.39, 0.29) is 32.7 Å². The Morgan fingerprint density at radius 2 is 1.50 bits per heavy atom. The average molecular weight is 427 g/mol. The van der Waals surface area contributed by atoms with Crippen LogP contribution in [0.4, 0.5) is 0 Å². The zero-order valence-corrected chi connectivity index (χ0v) is 17.1. The lowest BCUT2D eigenvalue weighted by Crippen LogP contribution is -2.41. The molecule has 0 atom stereocenters. The normalized spacial score (nSPS) is 11.7. The molecule has 4 rings (SSSR count). The summed E-state index contributed by atoms with van der Waals surface area (Å²) < 4.78 is 38.5. The van der Waals surface area contributed by atoms with E-state index in [9.17, 15) is 18.0 Å². The summed E-state index contributed by atoms with van der Waals surface area (Å²) in [5, 5.41) is 0.499. The van der Waals surface area contributed by atoms with Crippen molar-refractivity contribution in [2.45, 2.75) is 4.90 Å². The molecule has 0 N–H and O–H groups in total. The Bertz CT molecular complexity index is 1530. The summed E-state index contributed by atoms with van der Waals surface area (Å²) in [7, 11) is -0.452. The van der Waals surface area contributed by atoms with Crippen LogP contribution in [0.5, 0.6) is 11.5 Å². The number of rotatable bonds is 4. The summed E-state index contributed by atoms with van der Waals surface area (Å²) >= 11 is 0. The zero-order chi connectivity index (χ0) is 21.6. The lowest BCUT2D eigenvalue weighted by molar-refractivity contribution is 0.355. The molecule has 0 amide bonds. The van der Waals surface area contributed by atoms with Crippen molar-refractivity contribution >= 4 is 31.7 Å². The fourth-order valence-electron chi connectivity index (χ4n) is 3.38. The van der Waals surface area contributed by atoms with Crippen LogP contribution in [-0.4, -0.2) is 36.4 Å². The first kappa shape index (κ1) is 19.6. The topological polar surface area (TPSA) is 109 Å². The summed E-state index contributed by atoms with van der Waals surface area (Å²) in [5.41, 5.74) is -1.37. The summed E-state index contributed by atoms with van der Waals surface area (Å²) in [4.78, 5) is 30.1. The quantitative estimate of drug-likeness (QED) is 0.485. The van der Waals surface area contributed by atoms with Gasteiger partial charge in [0.25, 0.3) is 21.1 Å². The van der Waals surface area contributed by atoms with E-state index >= 15 is 0 Å². The van der Waals surface area contributed by atoms with E-state index in [1.54, 1.807) is 24.3 Å². The van der Waals surface area contributed by atoms with Crippen LogP contribution in [-0.2, 0) is 17.1 Å². The van der Waals surface area contributed by atoms with Crippen molar-refractivity contribution in [3.05, 3.63) is 69.4 Å².